The molecule has 1 fully saturated rings. The minimum absolute atomic E-state index is 0.553. The maximum absolute atomic E-state index is 4.39. The summed E-state index contributed by atoms with van der Waals surface area (Å²) in [7, 11) is 0. The lowest BCUT2D eigenvalue weighted by Gasteiger charge is -2.23. The summed E-state index contributed by atoms with van der Waals surface area (Å²) < 4.78 is 2.32. The number of nitrogens with one attached hydrogen (secondary N) is 1. The fourth-order valence-electron chi connectivity index (χ4n) is 2.44. The summed E-state index contributed by atoms with van der Waals surface area (Å²) in [4.78, 5) is 0. The van der Waals surface area contributed by atoms with Crippen molar-refractivity contribution < 1.29 is 0 Å². The summed E-state index contributed by atoms with van der Waals surface area (Å²) >= 11 is 0. The van der Waals surface area contributed by atoms with E-state index in [1.807, 2.05) is 0 Å². The van der Waals surface area contributed by atoms with Gasteiger partial charge in [-0.15, -0.1) is 10.2 Å². The molecule has 1 aliphatic heterocycles. The minimum atomic E-state index is 0.553. The number of rotatable bonds is 4. The lowest BCUT2D eigenvalue weighted by atomic mass is 9.98. The summed E-state index contributed by atoms with van der Waals surface area (Å²) in [6.45, 7) is 9.86. The van der Waals surface area contributed by atoms with Crippen molar-refractivity contribution in [3.8, 4) is 0 Å². The molecule has 0 bridgehead atoms. The molecule has 0 spiro atoms. The van der Waals surface area contributed by atoms with Crippen molar-refractivity contribution in [1.29, 1.82) is 0 Å². The van der Waals surface area contributed by atoms with Gasteiger partial charge in [-0.25, -0.2) is 0 Å². The lowest BCUT2D eigenvalue weighted by Crippen LogP contribution is -2.30. The van der Waals surface area contributed by atoms with Gasteiger partial charge in [-0.1, -0.05) is 13.8 Å². The molecule has 1 aromatic rings. The van der Waals surface area contributed by atoms with Gasteiger partial charge in [-0.05, 0) is 38.6 Å². The topological polar surface area (TPSA) is 42.7 Å². The van der Waals surface area contributed by atoms with Gasteiger partial charge in [-0.2, -0.15) is 0 Å². The van der Waals surface area contributed by atoms with Crippen LogP contribution in [0.2, 0.25) is 0 Å². The van der Waals surface area contributed by atoms with Gasteiger partial charge < -0.3 is 9.88 Å². The van der Waals surface area contributed by atoms with Crippen LogP contribution in [0.3, 0.4) is 0 Å². The molecule has 0 aliphatic carbocycles. The highest BCUT2D eigenvalue weighted by Crippen LogP contribution is 2.22. The van der Waals surface area contributed by atoms with E-state index in [9.17, 15) is 0 Å². The van der Waals surface area contributed by atoms with Gasteiger partial charge >= 0.3 is 0 Å². The van der Waals surface area contributed by atoms with Crippen LogP contribution in [0.5, 0.6) is 0 Å². The van der Waals surface area contributed by atoms with E-state index in [2.05, 4.69) is 40.9 Å². The van der Waals surface area contributed by atoms with Crippen LogP contribution in [0.15, 0.2) is 0 Å². The highest BCUT2D eigenvalue weighted by atomic mass is 15.3. The molecule has 1 atom stereocenters. The van der Waals surface area contributed by atoms with Gasteiger partial charge in [0, 0.05) is 19.0 Å². The van der Waals surface area contributed by atoms with E-state index in [1.165, 1.54) is 25.1 Å². The molecule has 1 N–H and O–H groups in total. The molecule has 0 aromatic carbocycles. The predicted octanol–water partition coefficient (Wildman–Crippen LogP) is 2.10. The quantitative estimate of drug-likeness (QED) is 0.870. The average Bonchev–Trinajstić information content (AvgIpc) is 2.69. The van der Waals surface area contributed by atoms with Crippen molar-refractivity contribution in [2.45, 2.75) is 52.5 Å². The average molecular weight is 236 g/mol. The molecule has 1 unspecified atom stereocenters. The van der Waals surface area contributed by atoms with Crippen LogP contribution in [0, 0.1) is 12.8 Å². The molecule has 0 amide bonds. The molecule has 4 heteroatoms. The van der Waals surface area contributed by atoms with E-state index < -0.39 is 0 Å². The van der Waals surface area contributed by atoms with Crippen molar-refractivity contribution in [3.63, 3.8) is 0 Å². The molecule has 1 aromatic heterocycles. The van der Waals surface area contributed by atoms with Crippen molar-refractivity contribution in [1.82, 2.24) is 20.1 Å². The highest BCUT2D eigenvalue weighted by Gasteiger charge is 2.21. The first kappa shape index (κ1) is 12.6. The van der Waals surface area contributed by atoms with E-state index >= 15 is 0 Å². The summed E-state index contributed by atoms with van der Waals surface area (Å²) in [5.74, 6) is 3.54. The molecule has 0 saturated carbocycles. The first-order valence-corrected chi connectivity index (χ1v) is 6.79. The summed E-state index contributed by atoms with van der Waals surface area (Å²) in [5.41, 5.74) is 0. The van der Waals surface area contributed by atoms with Gasteiger partial charge in [0.15, 0.2) is 0 Å². The van der Waals surface area contributed by atoms with E-state index in [1.54, 1.807) is 0 Å². The van der Waals surface area contributed by atoms with Gasteiger partial charge in [0.1, 0.15) is 11.6 Å². The second kappa shape index (κ2) is 5.63. The molecule has 1 aliphatic rings. The van der Waals surface area contributed by atoms with Crippen LogP contribution in [-0.2, 0) is 6.54 Å². The van der Waals surface area contributed by atoms with E-state index in [0.29, 0.717) is 5.92 Å². The molecular formula is C13H24N4. The van der Waals surface area contributed by atoms with Crippen LogP contribution < -0.4 is 5.32 Å². The SMILES string of the molecule is Cc1nnc(C2CCCNC2)n1CCC(C)C. The van der Waals surface area contributed by atoms with E-state index in [0.717, 1.165) is 31.4 Å². The molecule has 0 radical (unpaired) electrons. The third-order valence-corrected chi connectivity index (χ3v) is 3.56. The molecule has 2 rings (SSSR count). The van der Waals surface area contributed by atoms with Crippen molar-refractivity contribution >= 4 is 0 Å². The van der Waals surface area contributed by atoms with Crippen LogP contribution in [0.4, 0.5) is 0 Å². The van der Waals surface area contributed by atoms with Crippen molar-refractivity contribution in [3.05, 3.63) is 11.6 Å². The fraction of sp³-hybridized carbons (Fsp3) is 0.846. The molecular weight excluding hydrogens is 212 g/mol. The smallest absolute Gasteiger partial charge is 0.137 e. The Hall–Kier alpha value is -0.900. The first-order valence-electron chi connectivity index (χ1n) is 6.79. The second-order valence-corrected chi connectivity index (χ2v) is 5.48. The zero-order valence-electron chi connectivity index (χ0n) is 11.2. The van der Waals surface area contributed by atoms with E-state index in [4.69, 9.17) is 0 Å². The Labute approximate surface area is 104 Å². The molecule has 2 heterocycles. The standard InChI is InChI=1S/C13H24N4/c1-10(2)6-8-17-11(3)15-16-13(17)12-5-4-7-14-9-12/h10,12,14H,4-9H2,1-3H3. The summed E-state index contributed by atoms with van der Waals surface area (Å²) in [6, 6.07) is 0. The number of hydrogen-bond acceptors (Lipinski definition) is 3. The van der Waals surface area contributed by atoms with Crippen LogP contribution in [0.1, 0.15) is 50.7 Å². The Morgan fingerprint density at radius 3 is 2.88 bits per heavy atom. The lowest BCUT2D eigenvalue weighted by molar-refractivity contribution is 0.419. The predicted molar refractivity (Wildman–Crippen MR) is 69.1 cm³/mol. The van der Waals surface area contributed by atoms with Gasteiger partial charge in [-0.3, -0.25) is 0 Å². The summed E-state index contributed by atoms with van der Waals surface area (Å²) in [6.07, 6.45) is 3.69. The molecule has 17 heavy (non-hydrogen) atoms. The maximum Gasteiger partial charge on any atom is 0.137 e. The Bertz CT molecular complexity index is 350. The third-order valence-electron chi connectivity index (χ3n) is 3.56. The van der Waals surface area contributed by atoms with E-state index in [-0.39, 0.29) is 0 Å². The number of aromatic nitrogens is 3. The normalized spacial score (nSPS) is 21.1. The number of hydrogen-bond donors (Lipinski definition) is 1. The van der Waals surface area contributed by atoms with Gasteiger partial charge in [0.2, 0.25) is 0 Å². The first-order chi connectivity index (χ1) is 8.18. The van der Waals surface area contributed by atoms with Crippen molar-refractivity contribution in [2.75, 3.05) is 13.1 Å². The number of aryl methyl sites for hydroxylation is 1. The van der Waals surface area contributed by atoms with Crippen LogP contribution in [0.25, 0.3) is 0 Å². The van der Waals surface area contributed by atoms with Crippen LogP contribution >= 0.6 is 0 Å². The molecule has 96 valence electrons. The molecule has 4 nitrogen and oxygen atoms in total. The Balaban J connectivity index is 2.10. The Kier molecular flexibility index (Phi) is 4.15. The largest absolute Gasteiger partial charge is 0.316 e. The third kappa shape index (κ3) is 3.06. The Morgan fingerprint density at radius 2 is 2.24 bits per heavy atom. The molecule has 1 saturated heterocycles. The fourth-order valence-corrected chi connectivity index (χ4v) is 2.44. The highest BCUT2D eigenvalue weighted by molar-refractivity contribution is 5.03. The monoisotopic (exact) mass is 236 g/mol. The van der Waals surface area contributed by atoms with Crippen LogP contribution in [-0.4, -0.2) is 27.9 Å². The summed E-state index contributed by atoms with van der Waals surface area (Å²) in [5, 5.41) is 12.1. The zero-order chi connectivity index (χ0) is 12.3. The maximum atomic E-state index is 4.39. The van der Waals surface area contributed by atoms with Crippen molar-refractivity contribution in [2.24, 2.45) is 5.92 Å². The van der Waals surface area contributed by atoms with Gasteiger partial charge in [0.05, 0.1) is 0 Å². The Morgan fingerprint density at radius 1 is 1.41 bits per heavy atom. The number of nitrogens with zero attached hydrogens (tertiary/aromatic N) is 3. The zero-order valence-corrected chi connectivity index (χ0v) is 11.2. The number of piperidine rings is 1. The minimum Gasteiger partial charge on any atom is -0.316 e. The van der Waals surface area contributed by atoms with Gasteiger partial charge in [0.25, 0.3) is 0 Å². The second-order valence-electron chi connectivity index (χ2n) is 5.48.